The van der Waals surface area contributed by atoms with Crippen LogP contribution in [0.5, 0.6) is 0 Å². The van der Waals surface area contributed by atoms with Gasteiger partial charge in [0.15, 0.2) is 0 Å². The van der Waals surface area contributed by atoms with Crippen LogP contribution in [0.1, 0.15) is 19.4 Å². The SMILES string of the molecule is CCN(c1cc(CN)c2ccccc2n1)C(C)COC. The lowest BCUT2D eigenvalue weighted by molar-refractivity contribution is 0.181. The number of benzene rings is 1. The molecule has 1 aromatic heterocycles. The smallest absolute Gasteiger partial charge is 0.129 e. The number of aromatic nitrogens is 1. The highest BCUT2D eigenvalue weighted by Crippen LogP contribution is 2.23. The average Bonchev–Trinajstić information content (AvgIpc) is 2.47. The molecule has 2 N–H and O–H groups in total. The number of likely N-dealkylation sites (N-methyl/N-ethyl adjacent to an activating group) is 1. The van der Waals surface area contributed by atoms with E-state index in [0.717, 1.165) is 28.8 Å². The Morgan fingerprint density at radius 3 is 2.75 bits per heavy atom. The molecule has 0 bridgehead atoms. The van der Waals surface area contributed by atoms with E-state index in [1.807, 2.05) is 18.2 Å². The van der Waals surface area contributed by atoms with Crippen molar-refractivity contribution in [3.63, 3.8) is 0 Å². The second kappa shape index (κ2) is 6.68. The van der Waals surface area contributed by atoms with E-state index in [-0.39, 0.29) is 6.04 Å². The Bertz CT molecular complexity index is 571. The molecule has 1 atom stereocenters. The minimum Gasteiger partial charge on any atom is -0.383 e. The number of para-hydroxylation sites is 1. The summed E-state index contributed by atoms with van der Waals surface area (Å²) in [5.74, 6) is 0.969. The van der Waals surface area contributed by atoms with Gasteiger partial charge < -0.3 is 15.4 Å². The number of hydrogen-bond acceptors (Lipinski definition) is 4. The standard InChI is InChI=1S/C16H23N3O/c1-4-19(12(2)11-20-3)16-9-13(10-17)14-7-5-6-8-15(14)18-16/h5-9,12H,4,10-11,17H2,1-3H3. The molecular weight excluding hydrogens is 250 g/mol. The van der Waals surface area contributed by atoms with Crippen LogP contribution in [0.3, 0.4) is 0 Å². The lowest BCUT2D eigenvalue weighted by atomic mass is 10.1. The van der Waals surface area contributed by atoms with E-state index >= 15 is 0 Å². The molecule has 0 saturated carbocycles. The molecule has 0 aliphatic carbocycles. The van der Waals surface area contributed by atoms with Crippen LogP contribution < -0.4 is 10.6 Å². The Morgan fingerprint density at radius 2 is 2.10 bits per heavy atom. The van der Waals surface area contributed by atoms with Gasteiger partial charge >= 0.3 is 0 Å². The molecule has 0 aliphatic heterocycles. The molecule has 0 aliphatic rings. The predicted octanol–water partition coefficient (Wildman–Crippen LogP) is 2.55. The van der Waals surface area contributed by atoms with Gasteiger partial charge in [-0.25, -0.2) is 4.98 Å². The topological polar surface area (TPSA) is 51.4 Å². The molecule has 0 radical (unpaired) electrons. The molecule has 0 spiro atoms. The van der Waals surface area contributed by atoms with Gasteiger partial charge in [0.2, 0.25) is 0 Å². The highest BCUT2D eigenvalue weighted by molar-refractivity contribution is 5.84. The normalized spacial score (nSPS) is 12.6. The first-order valence-corrected chi connectivity index (χ1v) is 7.05. The van der Waals surface area contributed by atoms with Gasteiger partial charge in [-0.3, -0.25) is 0 Å². The summed E-state index contributed by atoms with van der Waals surface area (Å²) in [6, 6.07) is 10.5. The Balaban J connectivity index is 2.47. The Kier molecular flexibility index (Phi) is 4.93. The van der Waals surface area contributed by atoms with Crippen molar-refractivity contribution in [1.29, 1.82) is 0 Å². The molecule has 2 aromatic rings. The van der Waals surface area contributed by atoms with E-state index in [4.69, 9.17) is 15.5 Å². The van der Waals surface area contributed by atoms with E-state index in [0.29, 0.717) is 13.2 Å². The first-order chi connectivity index (χ1) is 9.71. The Hall–Kier alpha value is -1.65. The maximum absolute atomic E-state index is 5.89. The minimum atomic E-state index is 0.282. The monoisotopic (exact) mass is 273 g/mol. The fourth-order valence-electron chi connectivity index (χ4n) is 2.58. The summed E-state index contributed by atoms with van der Waals surface area (Å²) in [7, 11) is 1.73. The van der Waals surface area contributed by atoms with E-state index in [1.54, 1.807) is 7.11 Å². The number of nitrogens with two attached hydrogens (primary N) is 1. The molecule has 1 heterocycles. The molecule has 0 amide bonds. The molecule has 2 rings (SSSR count). The quantitative estimate of drug-likeness (QED) is 0.879. The lowest BCUT2D eigenvalue weighted by Gasteiger charge is -2.29. The van der Waals surface area contributed by atoms with Crippen molar-refractivity contribution >= 4 is 16.7 Å². The van der Waals surface area contributed by atoms with Crippen LogP contribution in [-0.4, -0.2) is 31.3 Å². The number of nitrogens with zero attached hydrogens (tertiary/aromatic N) is 2. The summed E-state index contributed by atoms with van der Waals surface area (Å²) in [6.45, 7) is 6.36. The second-order valence-corrected chi connectivity index (χ2v) is 4.95. The van der Waals surface area contributed by atoms with Crippen molar-refractivity contribution < 1.29 is 4.74 Å². The zero-order chi connectivity index (χ0) is 14.5. The fourth-order valence-corrected chi connectivity index (χ4v) is 2.58. The third-order valence-electron chi connectivity index (χ3n) is 3.58. The second-order valence-electron chi connectivity index (χ2n) is 4.95. The van der Waals surface area contributed by atoms with Gasteiger partial charge in [-0.2, -0.15) is 0 Å². The number of fused-ring (bicyclic) bond motifs is 1. The summed E-state index contributed by atoms with van der Waals surface area (Å²) in [5.41, 5.74) is 8.02. The van der Waals surface area contributed by atoms with Crippen LogP contribution in [0.2, 0.25) is 0 Å². The number of pyridine rings is 1. The van der Waals surface area contributed by atoms with Gasteiger partial charge in [0.05, 0.1) is 18.2 Å². The summed E-state index contributed by atoms with van der Waals surface area (Å²) < 4.78 is 5.26. The zero-order valence-electron chi connectivity index (χ0n) is 12.5. The molecule has 1 aromatic carbocycles. The van der Waals surface area contributed by atoms with Gasteiger partial charge in [0, 0.05) is 25.6 Å². The fraction of sp³-hybridized carbons (Fsp3) is 0.438. The summed E-state index contributed by atoms with van der Waals surface area (Å²) >= 11 is 0. The van der Waals surface area contributed by atoms with Gasteiger partial charge in [0.1, 0.15) is 5.82 Å². The van der Waals surface area contributed by atoms with Crippen molar-refractivity contribution in [2.75, 3.05) is 25.2 Å². The zero-order valence-corrected chi connectivity index (χ0v) is 12.5. The van der Waals surface area contributed by atoms with Crippen molar-refractivity contribution in [3.8, 4) is 0 Å². The maximum atomic E-state index is 5.89. The molecule has 20 heavy (non-hydrogen) atoms. The van der Waals surface area contributed by atoms with Crippen LogP contribution in [0, 0.1) is 0 Å². The highest BCUT2D eigenvalue weighted by atomic mass is 16.5. The molecule has 1 unspecified atom stereocenters. The maximum Gasteiger partial charge on any atom is 0.129 e. The first-order valence-electron chi connectivity index (χ1n) is 7.05. The molecule has 4 heteroatoms. The van der Waals surface area contributed by atoms with Gasteiger partial charge in [-0.15, -0.1) is 0 Å². The molecule has 4 nitrogen and oxygen atoms in total. The molecular formula is C16H23N3O. The van der Waals surface area contributed by atoms with Gasteiger partial charge in [0.25, 0.3) is 0 Å². The third kappa shape index (κ3) is 2.92. The van der Waals surface area contributed by atoms with Crippen LogP contribution >= 0.6 is 0 Å². The van der Waals surface area contributed by atoms with E-state index in [9.17, 15) is 0 Å². The van der Waals surface area contributed by atoms with Crippen molar-refractivity contribution in [1.82, 2.24) is 4.98 Å². The predicted molar refractivity (Wildman–Crippen MR) is 84.0 cm³/mol. The third-order valence-corrected chi connectivity index (χ3v) is 3.58. The lowest BCUT2D eigenvalue weighted by Crippen LogP contribution is -2.36. The first kappa shape index (κ1) is 14.8. The van der Waals surface area contributed by atoms with E-state index < -0.39 is 0 Å². The van der Waals surface area contributed by atoms with Crippen LogP contribution in [0.15, 0.2) is 30.3 Å². The largest absolute Gasteiger partial charge is 0.383 e. The minimum absolute atomic E-state index is 0.282. The summed E-state index contributed by atoms with van der Waals surface area (Å²) in [6.07, 6.45) is 0. The molecule has 0 fully saturated rings. The van der Waals surface area contributed by atoms with Gasteiger partial charge in [-0.1, -0.05) is 18.2 Å². The van der Waals surface area contributed by atoms with Crippen molar-refractivity contribution in [2.24, 2.45) is 5.73 Å². The number of hydrogen-bond donors (Lipinski definition) is 1. The van der Waals surface area contributed by atoms with Crippen LogP contribution in [-0.2, 0) is 11.3 Å². The number of ether oxygens (including phenoxy) is 1. The van der Waals surface area contributed by atoms with E-state index in [1.165, 1.54) is 0 Å². The summed E-state index contributed by atoms with van der Waals surface area (Å²) in [5, 5.41) is 1.13. The van der Waals surface area contributed by atoms with Gasteiger partial charge in [-0.05, 0) is 31.5 Å². The number of rotatable bonds is 6. The average molecular weight is 273 g/mol. The van der Waals surface area contributed by atoms with Crippen LogP contribution in [0.4, 0.5) is 5.82 Å². The number of anilines is 1. The summed E-state index contributed by atoms with van der Waals surface area (Å²) in [4.78, 5) is 7.02. The van der Waals surface area contributed by atoms with Crippen LogP contribution in [0.25, 0.3) is 10.9 Å². The Labute approximate surface area is 120 Å². The van der Waals surface area contributed by atoms with E-state index in [2.05, 4.69) is 30.9 Å². The molecule has 0 saturated heterocycles. The molecule has 108 valence electrons. The highest BCUT2D eigenvalue weighted by Gasteiger charge is 2.15. The number of methoxy groups -OCH3 is 1. The van der Waals surface area contributed by atoms with Crippen molar-refractivity contribution in [3.05, 3.63) is 35.9 Å². The van der Waals surface area contributed by atoms with Crippen molar-refractivity contribution in [2.45, 2.75) is 26.4 Å². The Morgan fingerprint density at radius 1 is 1.35 bits per heavy atom.